The summed E-state index contributed by atoms with van der Waals surface area (Å²) in [6.45, 7) is 1.28. The second kappa shape index (κ2) is 4.20. The maximum absolute atomic E-state index is 10.6. The molecule has 2 atom stereocenters. The van der Waals surface area contributed by atoms with Crippen molar-refractivity contribution in [1.29, 1.82) is 0 Å². The van der Waals surface area contributed by atoms with Crippen LogP contribution in [0.1, 0.15) is 32.6 Å². The lowest BCUT2D eigenvalue weighted by molar-refractivity contribution is -0.537. The summed E-state index contributed by atoms with van der Waals surface area (Å²) in [5.74, 6) is -0.432. The summed E-state index contributed by atoms with van der Waals surface area (Å²) >= 11 is 0. The third kappa shape index (κ3) is 2.68. The molecular weight excluding hydrogens is 174 g/mol. The molecule has 0 unspecified atom stereocenters. The largest absolute Gasteiger partial charge is 0.455 e. The molecule has 0 bridgehead atoms. The zero-order valence-electron chi connectivity index (χ0n) is 7.56. The fraction of sp³-hybridized carbons (Fsp3) is 0.875. The van der Waals surface area contributed by atoms with Gasteiger partial charge in [0.05, 0.1) is 0 Å². The maximum atomic E-state index is 10.6. The number of esters is 1. The number of carbonyl (C=O) groups is 1. The summed E-state index contributed by atoms with van der Waals surface area (Å²) in [4.78, 5) is 20.9. The minimum atomic E-state index is -0.697. The first-order chi connectivity index (χ1) is 6.11. The number of nitro groups is 1. The van der Waals surface area contributed by atoms with Gasteiger partial charge in [-0.1, -0.05) is 0 Å². The van der Waals surface area contributed by atoms with Crippen LogP contribution in [-0.4, -0.2) is 23.0 Å². The zero-order valence-corrected chi connectivity index (χ0v) is 7.56. The monoisotopic (exact) mass is 187 g/mol. The maximum Gasteiger partial charge on any atom is 0.303 e. The highest BCUT2D eigenvalue weighted by Gasteiger charge is 2.36. The normalized spacial score (nSPS) is 28.1. The van der Waals surface area contributed by atoms with E-state index in [1.165, 1.54) is 6.92 Å². The SMILES string of the molecule is CC(=O)O[C@@H]1CCCC[C@@H]1[N+](=O)[O-]. The molecule has 0 N–H and O–H groups in total. The van der Waals surface area contributed by atoms with Crippen LogP contribution in [0.5, 0.6) is 0 Å². The van der Waals surface area contributed by atoms with Crippen molar-refractivity contribution in [2.24, 2.45) is 0 Å². The number of rotatable bonds is 2. The molecule has 1 aliphatic carbocycles. The first-order valence-electron chi connectivity index (χ1n) is 4.42. The summed E-state index contributed by atoms with van der Waals surface area (Å²) in [7, 11) is 0. The Morgan fingerprint density at radius 1 is 1.46 bits per heavy atom. The van der Waals surface area contributed by atoms with Crippen molar-refractivity contribution in [3.8, 4) is 0 Å². The standard InChI is InChI=1S/C8H13NO4/c1-6(10)13-8-5-3-2-4-7(8)9(11)12/h7-8H,2-5H2,1H3/t7-,8+/m0/s1. The van der Waals surface area contributed by atoms with Gasteiger partial charge < -0.3 is 4.74 Å². The smallest absolute Gasteiger partial charge is 0.303 e. The minimum Gasteiger partial charge on any atom is -0.455 e. The van der Waals surface area contributed by atoms with Crippen molar-refractivity contribution in [3.05, 3.63) is 10.1 Å². The van der Waals surface area contributed by atoms with Gasteiger partial charge in [0.25, 0.3) is 0 Å². The van der Waals surface area contributed by atoms with E-state index in [4.69, 9.17) is 4.74 Å². The van der Waals surface area contributed by atoms with Gasteiger partial charge in [-0.15, -0.1) is 0 Å². The van der Waals surface area contributed by atoms with Crippen molar-refractivity contribution in [3.63, 3.8) is 0 Å². The Morgan fingerprint density at radius 2 is 2.08 bits per heavy atom. The second-order valence-corrected chi connectivity index (χ2v) is 3.29. The highest BCUT2D eigenvalue weighted by molar-refractivity contribution is 5.66. The molecule has 1 saturated carbocycles. The average molecular weight is 187 g/mol. The predicted molar refractivity (Wildman–Crippen MR) is 44.8 cm³/mol. The quantitative estimate of drug-likeness (QED) is 0.369. The Morgan fingerprint density at radius 3 is 2.62 bits per heavy atom. The summed E-state index contributed by atoms with van der Waals surface area (Å²) < 4.78 is 4.88. The van der Waals surface area contributed by atoms with Crippen LogP contribution in [0, 0.1) is 10.1 Å². The average Bonchev–Trinajstić information content (AvgIpc) is 2.03. The van der Waals surface area contributed by atoms with Gasteiger partial charge in [-0.25, -0.2) is 0 Å². The molecule has 74 valence electrons. The van der Waals surface area contributed by atoms with Gasteiger partial charge in [-0.3, -0.25) is 14.9 Å². The summed E-state index contributed by atoms with van der Waals surface area (Å²) in [5.41, 5.74) is 0. The van der Waals surface area contributed by atoms with Gasteiger partial charge in [0.15, 0.2) is 6.10 Å². The van der Waals surface area contributed by atoms with Crippen LogP contribution >= 0.6 is 0 Å². The van der Waals surface area contributed by atoms with Crippen molar-refractivity contribution in [2.45, 2.75) is 44.8 Å². The summed E-state index contributed by atoms with van der Waals surface area (Å²) in [5, 5.41) is 10.6. The Labute approximate surface area is 76.2 Å². The van der Waals surface area contributed by atoms with Crippen molar-refractivity contribution >= 4 is 5.97 Å². The van der Waals surface area contributed by atoms with E-state index < -0.39 is 18.1 Å². The Hall–Kier alpha value is -1.13. The van der Waals surface area contributed by atoms with Gasteiger partial charge >= 0.3 is 5.97 Å². The molecular formula is C8H13NO4. The van der Waals surface area contributed by atoms with Gasteiger partial charge in [0, 0.05) is 18.3 Å². The number of ether oxygens (including phenoxy) is 1. The third-order valence-corrected chi connectivity index (χ3v) is 2.26. The second-order valence-electron chi connectivity index (χ2n) is 3.29. The van der Waals surface area contributed by atoms with E-state index in [0.29, 0.717) is 12.8 Å². The molecule has 0 aromatic carbocycles. The number of nitrogens with zero attached hydrogens (tertiary/aromatic N) is 1. The van der Waals surface area contributed by atoms with Crippen LogP contribution in [0.15, 0.2) is 0 Å². The Bertz CT molecular complexity index is 216. The number of carbonyl (C=O) groups excluding carboxylic acids is 1. The van der Waals surface area contributed by atoms with E-state index in [1.807, 2.05) is 0 Å². The highest BCUT2D eigenvalue weighted by Crippen LogP contribution is 2.23. The fourth-order valence-corrected chi connectivity index (χ4v) is 1.67. The van der Waals surface area contributed by atoms with Gasteiger partial charge in [0.1, 0.15) is 0 Å². The van der Waals surface area contributed by atoms with Gasteiger partial charge in [0.2, 0.25) is 6.04 Å². The van der Waals surface area contributed by atoms with Crippen LogP contribution in [-0.2, 0) is 9.53 Å². The highest BCUT2D eigenvalue weighted by atomic mass is 16.6. The minimum absolute atomic E-state index is 0.341. The van der Waals surface area contributed by atoms with E-state index >= 15 is 0 Å². The molecule has 0 aliphatic heterocycles. The Balaban J connectivity index is 2.56. The van der Waals surface area contributed by atoms with Crippen molar-refractivity contribution in [1.82, 2.24) is 0 Å². The molecule has 1 fully saturated rings. The number of hydrogen-bond acceptors (Lipinski definition) is 4. The third-order valence-electron chi connectivity index (χ3n) is 2.26. The molecule has 0 spiro atoms. The van der Waals surface area contributed by atoms with Crippen LogP contribution < -0.4 is 0 Å². The molecule has 5 heteroatoms. The topological polar surface area (TPSA) is 69.4 Å². The lowest BCUT2D eigenvalue weighted by Crippen LogP contribution is -2.39. The van der Waals surface area contributed by atoms with Crippen molar-refractivity contribution < 1.29 is 14.5 Å². The van der Waals surface area contributed by atoms with Crippen LogP contribution in [0.3, 0.4) is 0 Å². The first kappa shape index (κ1) is 9.95. The van der Waals surface area contributed by atoms with E-state index in [9.17, 15) is 14.9 Å². The molecule has 13 heavy (non-hydrogen) atoms. The molecule has 0 amide bonds. The van der Waals surface area contributed by atoms with Gasteiger partial charge in [-0.2, -0.15) is 0 Å². The molecule has 1 aliphatic rings. The van der Waals surface area contributed by atoms with Crippen LogP contribution in [0.4, 0.5) is 0 Å². The molecule has 0 aromatic heterocycles. The van der Waals surface area contributed by atoms with E-state index in [-0.39, 0.29) is 4.92 Å². The van der Waals surface area contributed by atoms with E-state index in [0.717, 1.165) is 12.8 Å². The molecule has 0 aromatic rings. The number of hydrogen-bond donors (Lipinski definition) is 0. The van der Waals surface area contributed by atoms with E-state index in [2.05, 4.69) is 0 Å². The predicted octanol–water partition coefficient (Wildman–Crippen LogP) is 1.14. The van der Waals surface area contributed by atoms with Gasteiger partial charge in [-0.05, 0) is 19.3 Å². The summed E-state index contributed by atoms with van der Waals surface area (Å²) in [6, 6.07) is -0.697. The molecule has 0 radical (unpaired) electrons. The van der Waals surface area contributed by atoms with Crippen molar-refractivity contribution in [2.75, 3.05) is 0 Å². The lowest BCUT2D eigenvalue weighted by atomic mass is 9.93. The molecule has 1 rings (SSSR count). The zero-order chi connectivity index (χ0) is 9.84. The molecule has 0 heterocycles. The Kier molecular flexibility index (Phi) is 3.22. The lowest BCUT2D eigenvalue weighted by Gasteiger charge is -2.24. The van der Waals surface area contributed by atoms with E-state index in [1.54, 1.807) is 0 Å². The first-order valence-corrected chi connectivity index (χ1v) is 4.42. The molecule has 0 saturated heterocycles. The molecule has 5 nitrogen and oxygen atoms in total. The van der Waals surface area contributed by atoms with Crippen LogP contribution in [0.25, 0.3) is 0 Å². The summed E-state index contributed by atoms with van der Waals surface area (Å²) in [6.07, 6.45) is 2.38. The fourth-order valence-electron chi connectivity index (χ4n) is 1.67. The van der Waals surface area contributed by atoms with Crippen LogP contribution in [0.2, 0.25) is 0 Å².